The zero-order valence-corrected chi connectivity index (χ0v) is 18.1. The second-order valence-electron chi connectivity index (χ2n) is 6.52. The molecule has 8 nitrogen and oxygen atoms in total. The maximum Gasteiger partial charge on any atom is 0.306 e. The van der Waals surface area contributed by atoms with E-state index >= 15 is 0 Å². The predicted octanol–water partition coefficient (Wildman–Crippen LogP) is 3.88. The molecule has 0 aliphatic rings. The first kappa shape index (κ1) is 21.3. The summed E-state index contributed by atoms with van der Waals surface area (Å²) in [6.45, 7) is 0. The summed E-state index contributed by atoms with van der Waals surface area (Å²) in [6.07, 6.45) is 1.38. The van der Waals surface area contributed by atoms with Gasteiger partial charge in [0.2, 0.25) is 5.76 Å². The zero-order valence-electron chi connectivity index (χ0n) is 16.4. The monoisotopic (exact) mass is 467 g/mol. The largest absolute Gasteiger partial charge is 0.458 e. The van der Waals surface area contributed by atoms with Gasteiger partial charge in [-0.25, -0.2) is 8.42 Å². The Morgan fingerprint density at radius 3 is 2.28 bits per heavy atom. The molecule has 2 aromatic heterocycles. The summed E-state index contributed by atoms with van der Waals surface area (Å²) < 4.78 is 32.9. The van der Waals surface area contributed by atoms with Crippen LogP contribution in [0.25, 0.3) is 11.1 Å². The second kappa shape index (κ2) is 9.08. The number of anilines is 1. The van der Waals surface area contributed by atoms with Gasteiger partial charge in [-0.1, -0.05) is 48.5 Å². The second-order valence-corrected chi connectivity index (χ2v) is 9.38. The van der Waals surface area contributed by atoms with Crippen molar-refractivity contribution in [2.24, 2.45) is 0 Å². The van der Waals surface area contributed by atoms with E-state index < -0.39 is 21.8 Å². The molecule has 0 radical (unpaired) electrons. The predicted molar refractivity (Wildman–Crippen MR) is 121 cm³/mol. The average Bonchev–Trinajstić information content (AvgIpc) is 3.51. The van der Waals surface area contributed by atoms with Gasteiger partial charge in [-0.3, -0.25) is 25.2 Å². The quantitative estimate of drug-likeness (QED) is 0.372. The molecule has 10 heteroatoms. The van der Waals surface area contributed by atoms with Crippen molar-refractivity contribution in [2.45, 2.75) is 4.21 Å². The van der Waals surface area contributed by atoms with Crippen molar-refractivity contribution in [3.8, 4) is 11.1 Å². The molecule has 0 saturated heterocycles. The van der Waals surface area contributed by atoms with E-state index in [1.807, 2.05) is 30.3 Å². The molecule has 0 fully saturated rings. The van der Waals surface area contributed by atoms with Crippen molar-refractivity contribution >= 4 is 38.9 Å². The van der Waals surface area contributed by atoms with Gasteiger partial charge < -0.3 is 4.42 Å². The summed E-state index contributed by atoms with van der Waals surface area (Å²) in [5.41, 5.74) is 6.07. The minimum atomic E-state index is -3.84. The molecule has 0 unspecified atom stereocenters. The van der Waals surface area contributed by atoms with Gasteiger partial charge in [0.25, 0.3) is 15.9 Å². The fraction of sp³-hybridized carbons (Fsp3) is 0. The number of rotatable bonds is 6. The third kappa shape index (κ3) is 4.56. The SMILES string of the molecule is O=C(NNC(=O)c1occc1-c1ccccc1)c1ccccc1NS(=O)(=O)c1cccs1. The van der Waals surface area contributed by atoms with Gasteiger partial charge >= 0.3 is 5.91 Å². The molecule has 0 aliphatic carbocycles. The Hall–Kier alpha value is -3.89. The molecule has 0 spiro atoms. The molecule has 0 aliphatic heterocycles. The van der Waals surface area contributed by atoms with E-state index in [2.05, 4.69) is 15.6 Å². The highest BCUT2D eigenvalue weighted by Gasteiger charge is 2.21. The Morgan fingerprint density at radius 2 is 1.53 bits per heavy atom. The van der Waals surface area contributed by atoms with Crippen LogP contribution in [-0.4, -0.2) is 20.2 Å². The first-order valence-corrected chi connectivity index (χ1v) is 11.7. The van der Waals surface area contributed by atoms with Gasteiger partial charge in [-0.05, 0) is 35.2 Å². The van der Waals surface area contributed by atoms with Crippen molar-refractivity contribution in [1.82, 2.24) is 10.9 Å². The number of carbonyl (C=O) groups excluding carboxylic acids is 2. The van der Waals surface area contributed by atoms with Crippen molar-refractivity contribution in [3.05, 3.63) is 95.8 Å². The zero-order chi connectivity index (χ0) is 22.6. The number of thiophene rings is 1. The van der Waals surface area contributed by atoms with Crippen LogP contribution in [0.4, 0.5) is 5.69 Å². The number of hydrazine groups is 1. The number of benzene rings is 2. The first-order valence-electron chi connectivity index (χ1n) is 9.34. The number of nitrogens with one attached hydrogen (secondary N) is 3. The van der Waals surface area contributed by atoms with Crippen LogP contribution in [0.3, 0.4) is 0 Å². The molecule has 4 aromatic rings. The summed E-state index contributed by atoms with van der Waals surface area (Å²) in [5.74, 6) is -1.32. The average molecular weight is 468 g/mol. The van der Waals surface area contributed by atoms with Crippen LogP contribution >= 0.6 is 11.3 Å². The molecule has 2 amide bonds. The minimum absolute atomic E-state index is 0.0307. The maximum atomic E-state index is 12.7. The van der Waals surface area contributed by atoms with E-state index in [9.17, 15) is 18.0 Å². The molecular formula is C22H17N3O5S2. The fourth-order valence-corrected chi connectivity index (χ4v) is 5.02. The number of para-hydroxylation sites is 1. The molecule has 0 saturated carbocycles. The van der Waals surface area contributed by atoms with Crippen LogP contribution in [-0.2, 0) is 10.0 Å². The Labute approximate surface area is 187 Å². The number of carbonyl (C=O) groups is 2. The lowest BCUT2D eigenvalue weighted by molar-refractivity contribution is 0.0832. The standard InChI is InChI=1S/C22H17N3O5S2/c26-21(17-9-4-5-10-18(17)25-32(28,29)19-11-6-14-31-19)23-24-22(27)20-16(12-13-30-20)15-7-2-1-3-8-15/h1-14,25H,(H,23,26)(H,24,27). The Bertz CT molecular complexity index is 1350. The van der Waals surface area contributed by atoms with Crippen LogP contribution in [0, 0.1) is 0 Å². The third-order valence-electron chi connectivity index (χ3n) is 4.42. The van der Waals surface area contributed by atoms with Crippen molar-refractivity contribution in [3.63, 3.8) is 0 Å². The van der Waals surface area contributed by atoms with Gasteiger partial charge in [0.1, 0.15) is 4.21 Å². The lowest BCUT2D eigenvalue weighted by Gasteiger charge is -2.12. The number of sulfonamides is 1. The molecule has 2 aromatic carbocycles. The third-order valence-corrected chi connectivity index (χ3v) is 7.18. The molecule has 32 heavy (non-hydrogen) atoms. The molecule has 162 valence electrons. The van der Waals surface area contributed by atoms with Crippen LogP contribution in [0.5, 0.6) is 0 Å². The highest BCUT2D eigenvalue weighted by molar-refractivity contribution is 7.94. The fourth-order valence-electron chi connectivity index (χ4n) is 2.95. The minimum Gasteiger partial charge on any atom is -0.458 e. The van der Waals surface area contributed by atoms with Crippen molar-refractivity contribution in [1.29, 1.82) is 0 Å². The molecular weight excluding hydrogens is 450 g/mol. The topological polar surface area (TPSA) is 118 Å². The normalized spacial score (nSPS) is 11.0. The summed E-state index contributed by atoms with van der Waals surface area (Å²) in [6, 6.07) is 20.0. The number of hydrogen-bond donors (Lipinski definition) is 3. The van der Waals surface area contributed by atoms with Crippen LogP contribution in [0.2, 0.25) is 0 Å². The van der Waals surface area contributed by atoms with E-state index in [0.29, 0.717) is 5.56 Å². The molecule has 4 rings (SSSR count). The number of amides is 2. The summed E-state index contributed by atoms with van der Waals surface area (Å²) in [5, 5.41) is 1.64. The van der Waals surface area contributed by atoms with Gasteiger partial charge in [-0.15, -0.1) is 11.3 Å². The van der Waals surface area contributed by atoms with E-state index in [1.165, 1.54) is 24.5 Å². The Kier molecular flexibility index (Phi) is 6.06. The highest BCUT2D eigenvalue weighted by atomic mass is 32.2. The summed E-state index contributed by atoms with van der Waals surface area (Å²) in [7, 11) is -3.84. The lowest BCUT2D eigenvalue weighted by Crippen LogP contribution is -2.42. The van der Waals surface area contributed by atoms with Crippen LogP contribution in [0.1, 0.15) is 20.9 Å². The van der Waals surface area contributed by atoms with E-state index in [0.717, 1.165) is 16.9 Å². The first-order chi connectivity index (χ1) is 15.5. The molecule has 2 heterocycles. The van der Waals surface area contributed by atoms with E-state index in [1.54, 1.807) is 29.6 Å². The van der Waals surface area contributed by atoms with Crippen molar-refractivity contribution < 1.29 is 22.4 Å². The van der Waals surface area contributed by atoms with Gasteiger partial charge in [0, 0.05) is 5.56 Å². The summed E-state index contributed by atoms with van der Waals surface area (Å²) >= 11 is 1.06. The Morgan fingerprint density at radius 1 is 0.812 bits per heavy atom. The number of furan rings is 1. The van der Waals surface area contributed by atoms with E-state index in [-0.39, 0.29) is 21.2 Å². The van der Waals surface area contributed by atoms with Gasteiger partial charge in [0.15, 0.2) is 0 Å². The van der Waals surface area contributed by atoms with Crippen LogP contribution in [0.15, 0.2) is 93.1 Å². The Balaban J connectivity index is 1.48. The van der Waals surface area contributed by atoms with Crippen molar-refractivity contribution in [2.75, 3.05) is 4.72 Å². The maximum absolute atomic E-state index is 12.7. The van der Waals surface area contributed by atoms with Gasteiger partial charge in [-0.2, -0.15) is 0 Å². The van der Waals surface area contributed by atoms with Crippen LogP contribution < -0.4 is 15.6 Å². The highest BCUT2D eigenvalue weighted by Crippen LogP contribution is 2.25. The number of hydrogen-bond acceptors (Lipinski definition) is 6. The lowest BCUT2D eigenvalue weighted by atomic mass is 10.1. The van der Waals surface area contributed by atoms with E-state index in [4.69, 9.17) is 4.42 Å². The molecule has 0 atom stereocenters. The van der Waals surface area contributed by atoms with Gasteiger partial charge in [0.05, 0.1) is 17.5 Å². The molecule has 3 N–H and O–H groups in total. The smallest absolute Gasteiger partial charge is 0.306 e. The summed E-state index contributed by atoms with van der Waals surface area (Å²) in [4.78, 5) is 25.3. The molecule has 0 bridgehead atoms.